The van der Waals surface area contributed by atoms with E-state index in [2.05, 4.69) is 10.2 Å². The molecule has 1 aliphatic heterocycles. The number of rotatable bonds is 8. The van der Waals surface area contributed by atoms with Crippen LogP contribution in [0.25, 0.3) is 5.76 Å². The first kappa shape index (κ1) is 24.7. The zero-order valence-electron chi connectivity index (χ0n) is 19.4. The number of ketones is 1. The minimum absolute atomic E-state index is 0.0603. The molecule has 0 spiro atoms. The van der Waals surface area contributed by atoms with Crippen molar-refractivity contribution in [2.24, 2.45) is 0 Å². The van der Waals surface area contributed by atoms with Crippen LogP contribution in [0.4, 0.5) is 5.13 Å². The van der Waals surface area contributed by atoms with Gasteiger partial charge in [0.25, 0.3) is 5.78 Å². The number of aryl methyl sites for hydroxylation is 1. The van der Waals surface area contributed by atoms with Crippen molar-refractivity contribution in [2.45, 2.75) is 33.2 Å². The number of hydrogen-bond acceptors (Lipinski definition) is 8. The van der Waals surface area contributed by atoms with Gasteiger partial charge in [-0.3, -0.25) is 14.5 Å². The highest BCUT2D eigenvalue weighted by Gasteiger charge is 2.48. The largest absolute Gasteiger partial charge is 0.507 e. The quantitative estimate of drug-likeness (QED) is 0.247. The van der Waals surface area contributed by atoms with Crippen molar-refractivity contribution in [3.8, 4) is 11.5 Å². The maximum absolute atomic E-state index is 13.2. The minimum atomic E-state index is -0.947. The molecule has 2 heterocycles. The van der Waals surface area contributed by atoms with Crippen LogP contribution in [0.3, 0.4) is 0 Å². The smallest absolute Gasteiger partial charge is 0.301 e. The normalized spacial score (nSPS) is 17.1. The van der Waals surface area contributed by atoms with Crippen LogP contribution in [0.5, 0.6) is 11.5 Å². The number of anilines is 1. The second kappa shape index (κ2) is 10.5. The lowest BCUT2D eigenvalue weighted by Crippen LogP contribution is -2.29. The number of aliphatic hydroxyl groups is 1. The molecule has 0 bridgehead atoms. The zero-order chi connectivity index (χ0) is 25.1. The van der Waals surface area contributed by atoms with E-state index in [1.165, 1.54) is 16.2 Å². The van der Waals surface area contributed by atoms with E-state index in [1.807, 2.05) is 13.8 Å². The summed E-state index contributed by atoms with van der Waals surface area (Å²) >= 11 is 7.17. The molecular weight excluding hydrogens is 490 g/mol. The fourth-order valence-electron chi connectivity index (χ4n) is 3.79. The maximum Gasteiger partial charge on any atom is 0.301 e. The standard InChI is InChI=1S/C25H24ClN3O5S/c1-4-12-34-18-11-8-16(13-19(18)33-5-2)21-20(22(30)15-6-9-17(26)10-7-15)23(31)24(32)29(21)25-28-27-14(3)35-25/h6-11,13,21,30H,4-5,12H2,1-3H3/b22-20+. The summed E-state index contributed by atoms with van der Waals surface area (Å²) in [5, 5.41) is 20.7. The van der Waals surface area contributed by atoms with E-state index < -0.39 is 17.7 Å². The SMILES string of the molecule is CCCOc1ccc(C2/C(=C(\O)c3ccc(Cl)cc3)C(=O)C(=O)N2c2nnc(C)s2)cc1OCC. The van der Waals surface area contributed by atoms with Gasteiger partial charge < -0.3 is 14.6 Å². The Balaban J connectivity index is 1.91. The highest BCUT2D eigenvalue weighted by atomic mass is 35.5. The fraction of sp³-hybridized carbons (Fsp3) is 0.280. The summed E-state index contributed by atoms with van der Waals surface area (Å²) in [4.78, 5) is 27.7. The Morgan fingerprint density at radius 3 is 2.46 bits per heavy atom. The molecule has 3 aromatic rings. The van der Waals surface area contributed by atoms with Gasteiger partial charge in [0.05, 0.1) is 24.8 Å². The van der Waals surface area contributed by atoms with Crippen LogP contribution in [0.15, 0.2) is 48.0 Å². The minimum Gasteiger partial charge on any atom is -0.507 e. The monoisotopic (exact) mass is 513 g/mol. The van der Waals surface area contributed by atoms with E-state index >= 15 is 0 Å². The highest BCUT2D eigenvalue weighted by molar-refractivity contribution is 7.15. The van der Waals surface area contributed by atoms with E-state index in [1.54, 1.807) is 49.4 Å². The van der Waals surface area contributed by atoms with Crippen LogP contribution in [0.1, 0.15) is 42.4 Å². The summed E-state index contributed by atoms with van der Waals surface area (Å²) in [5.41, 5.74) is 0.855. The first-order chi connectivity index (χ1) is 16.8. The summed E-state index contributed by atoms with van der Waals surface area (Å²) in [6, 6.07) is 10.6. The number of ether oxygens (including phenoxy) is 2. The van der Waals surface area contributed by atoms with E-state index in [-0.39, 0.29) is 16.5 Å². The van der Waals surface area contributed by atoms with Gasteiger partial charge in [-0.25, -0.2) is 0 Å². The Morgan fingerprint density at radius 1 is 1.09 bits per heavy atom. The van der Waals surface area contributed by atoms with Crippen molar-refractivity contribution in [2.75, 3.05) is 18.1 Å². The van der Waals surface area contributed by atoms with Crippen LogP contribution in [-0.2, 0) is 9.59 Å². The third kappa shape index (κ3) is 4.87. The van der Waals surface area contributed by atoms with Crippen molar-refractivity contribution in [1.29, 1.82) is 0 Å². The number of aliphatic hydroxyl groups excluding tert-OH is 1. The number of aromatic nitrogens is 2. The molecule has 8 nitrogen and oxygen atoms in total. The summed E-state index contributed by atoms with van der Waals surface area (Å²) in [5.74, 6) is -0.897. The van der Waals surface area contributed by atoms with Crippen molar-refractivity contribution >= 4 is 45.5 Å². The molecule has 1 aliphatic rings. The summed E-state index contributed by atoms with van der Waals surface area (Å²) < 4.78 is 11.6. The zero-order valence-corrected chi connectivity index (χ0v) is 21.0. The molecule has 0 saturated carbocycles. The Labute approximate surface area is 211 Å². The summed E-state index contributed by atoms with van der Waals surface area (Å²) in [6.45, 7) is 6.52. The summed E-state index contributed by atoms with van der Waals surface area (Å²) in [6.07, 6.45) is 0.824. The predicted octanol–water partition coefficient (Wildman–Crippen LogP) is 5.31. The Hall–Kier alpha value is -3.43. The van der Waals surface area contributed by atoms with Gasteiger partial charge in [0, 0.05) is 10.6 Å². The second-order valence-electron chi connectivity index (χ2n) is 7.77. The van der Waals surface area contributed by atoms with Crippen molar-refractivity contribution < 1.29 is 24.2 Å². The number of carbonyl (C=O) groups excluding carboxylic acids is 2. The lowest BCUT2D eigenvalue weighted by atomic mass is 9.95. The third-order valence-corrected chi connectivity index (χ3v) is 6.42. The van der Waals surface area contributed by atoms with Gasteiger partial charge in [0.15, 0.2) is 11.5 Å². The number of amides is 1. The lowest BCUT2D eigenvalue weighted by molar-refractivity contribution is -0.132. The van der Waals surface area contributed by atoms with Crippen molar-refractivity contribution in [3.05, 3.63) is 69.2 Å². The summed E-state index contributed by atoms with van der Waals surface area (Å²) in [7, 11) is 0. The van der Waals surface area contributed by atoms with E-state index in [9.17, 15) is 14.7 Å². The number of hydrogen-bond donors (Lipinski definition) is 1. The van der Waals surface area contributed by atoms with Crippen molar-refractivity contribution in [1.82, 2.24) is 10.2 Å². The topological polar surface area (TPSA) is 102 Å². The highest BCUT2D eigenvalue weighted by Crippen LogP contribution is 2.44. The van der Waals surface area contributed by atoms with Gasteiger partial charge in [-0.2, -0.15) is 0 Å². The third-order valence-electron chi connectivity index (χ3n) is 5.33. The van der Waals surface area contributed by atoms with Gasteiger partial charge in [0.2, 0.25) is 5.13 Å². The maximum atomic E-state index is 13.2. The van der Waals surface area contributed by atoms with Gasteiger partial charge >= 0.3 is 5.91 Å². The molecule has 35 heavy (non-hydrogen) atoms. The lowest BCUT2D eigenvalue weighted by Gasteiger charge is -2.23. The van der Waals surface area contributed by atoms with E-state index in [0.29, 0.717) is 45.9 Å². The Bertz CT molecular complexity index is 1290. The van der Waals surface area contributed by atoms with Gasteiger partial charge in [-0.15, -0.1) is 10.2 Å². The van der Waals surface area contributed by atoms with Gasteiger partial charge in [-0.05, 0) is 62.2 Å². The Morgan fingerprint density at radius 2 is 1.83 bits per heavy atom. The molecule has 1 unspecified atom stereocenters. The van der Waals surface area contributed by atoms with Crippen LogP contribution >= 0.6 is 22.9 Å². The fourth-order valence-corrected chi connectivity index (χ4v) is 4.63. The number of carbonyl (C=O) groups is 2. The molecule has 1 N–H and O–H groups in total. The van der Waals surface area contributed by atoms with Gasteiger partial charge in [0.1, 0.15) is 10.8 Å². The molecule has 10 heteroatoms. The molecular formula is C25H24ClN3O5S. The first-order valence-corrected chi connectivity index (χ1v) is 12.3. The molecule has 2 aromatic carbocycles. The number of Topliss-reactive ketones (excluding diaryl/α,β-unsaturated/α-hetero) is 1. The van der Waals surface area contributed by atoms with Crippen LogP contribution in [0, 0.1) is 6.92 Å². The molecule has 0 radical (unpaired) electrons. The first-order valence-electron chi connectivity index (χ1n) is 11.1. The molecule has 1 fully saturated rings. The van der Waals surface area contributed by atoms with Crippen LogP contribution in [0.2, 0.25) is 5.02 Å². The Kier molecular flexibility index (Phi) is 7.37. The van der Waals surface area contributed by atoms with Crippen LogP contribution in [-0.4, -0.2) is 40.2 Å². The molecule has 0 aliphatic carbocycles. The number of benzene rings is 2. The second-order valence-corrected chi connectivity index (χ2v) is 9.36. The number of nitrogens with zero attached hydrogens (tertiary/aromatic N) is 3. The molecule has 1 saturated heterocycles. The van der Waals surface area contributed by atoms with Crippen LogP contribution < -0.4 is 14.4 Å². The van der Waals surface area contributed by atoms with Crippen molar-refractivity contribution in [3.63, 3.8) is 0 Å². The van der Waals surface area contributed by atoms with E-state index in [4.69, 9.17) is 21.1 Å². The molecule has 4 rings (SSSR count). The molecule has 1 aromatic heterocycles. The van der Waals surface area contributed by atoms with Gasteiger partial charge in [-0.1, -0.05) is 35.9 Å². The van der Waals surface area contributed by atoms with E-state index in [0.717, 1.165) is 6.42 Å². The average Bonchev–Trinajstić information content (AvgIpc) is 3.39. The molecule has 182 valence electrons. The predicted molar refractivity (Wildman–Crippen MR) is 134 cm³/mol. The molecule has 1 atom stereocenters. The average molecular weight is 514 g/mol. The molecule has 1 amide bonds. The number of halogens is 1.